The van der Waals surface area contributed by atoms with Crippen LogP contribution in [-0.4, -0.2) is 45.0 Å². The summed E-state index contributed by atoms with van der Waals surface area (Å²) >= 11 is 1.33. The highest BCUT2D eigenvalue weighted by atomic mass is 32.2. The summed E-state index contributed by atoms with van der Waals surface area (Å²) in [5, 5.41) is 15.6. The number of tetrazole rings is 1. The molecule has 7 nitrogen and oxygen atoms in total. The number of aromatic nitrogens is 4. The van der Waals surface area contributed by atoms with E-state index >= 15 is 0 Å². The zero-order chi connectivity index (χ0) is 18.5. The Morgan fingerprint density at radius 3 is 2.96 bits per heavy atom. The van der Waals surface area contributed by atoms with Gasteiger partial charge in [-0.15, -0.1) is 5.10 Å². The van der Waals surface area contributed by atoms with Gasteiger partial charge in [0.25, 0.3) is 0 Å². The second kappa shape index (κ2) is 8.53. The maximum Gasteiger partial charge on any atom is 0.230 e. The standard InChI is InChI=1S/C18H25N5O2S/c1-12-8-9-16(25-3)15(10-12)23-18(20-21-22-23)26-11-17(24)19-14-7-5-4-6-13(14)2/h8-10,13-14H,4-7,11H2,1-3H3,(H,19,24). The van der Waals surface area contributed by atoms with Crippen LogP contribution in [0.25, 0.3) is 5.69 Å². The van der Waals surface area contributed by atoms with E-state index in [2.05, 4.69) is 27.8 Å². The molecule has 1 amide bonds. The van der Waals surface area contributed by atoms with Crippen LogP contribution >= 0.6 is 11.8 Å². The molecule has 0 bridgehead atoms. The lowest BCUT2D eigenvalue weighted by molar-refractivity contribution is -0.119. The van der Waals surface area contributed by atoms with Gasteiger partial charge >= 0.3 is 0 Å². The minimum absolute atomic E-state index is 0.0273. The van der Waals surface area contributed by atoms with E-state index in [9.17, 15) is 4.79 Å². The summed E-state index contributed by atoms with van der Waals surface area (Å²) in [4.78, 5) is 12.3. The van der Waals surface area contributed by atoms with Gasteiger partial charge in [0.1, 0.15) is 11.4 Å². The third-order valence-corrected chi connectivity index (χ3v) is 5.71. The molecule has 140 valence electrons. The summed E-state index contributed by atoms with van der Waals surface area (Å²) in [7, 11) is 1.62. The van der Waals surface area contributed by atoms with Gasteiger partial charge in [0.15, 0.2) is 0 Å². The first-order valence-corrected chi connectivity index (χ1v) is 9.92. The van der Waals surface area contributed by atoms with Crippen molar-refractivity contribution in [1.29, 1.82) is 0 Å². The van der Waals surface area contributed by atoms with Crippen LogP contribution in [-0.2, 0) is 4.79 Å². The Bertz CT molecular complexity index is 764. The second-order valence-corrected chi connectivity index (χ2v) is 7.72. The number of nitrogens with zero attached hydrogens (tertiary/aromatic N) is 4. The van der Waals surface area contributed by atoms with Crippen LogP contribution in [0.2, 0.25) is 0 Å². The van der Waals surface area contributed by atoms with E-state index in [0.29, 0.717) is 16.8 Å². The monoisotopic (exact) mass is 375 g/mol. The molecule has 0 spiro atoms. The number of nitrogens with one attached hydrogen (secondary N) is 1. The molecule has 1 N–H and O–H groups in total. The molecule has 0 aliphatic heterocycles. The van der Waals surface area contributed by atoms with Gasteiger partial charge in [-0.1, -0.05) is 37.6 Å². The predicted octanol–water partition coefficient (Wildman–Crippen LogP) is 2.77. The molecule has 2 atom stereocenters. The first kappa shape index (κ1) is 18.7. The fraction of sp³-hybridized carbons (Fsp3) is 0.556. The van der Waals surface area contributed by atoms with Crippen LogP contribution in [0.1, 0.15) is 38.2 Å². The topological polar surface area (TPSA) is 81.9 Å². The van der Waals surface area contributed by atoms with E-state index in [-0.39, 0.29) is 17.7 Å². The number of benzene rings is 1. The second-order valence-electron chi connectivity index (χ2n) is 6.77. The highest BCUT2D eigenvalue weighted by Gasteiger charge is 2.23. The summed E-state index contributed by atoms with van der Waals surface area (Å²) in [6.07, 6.45) is 4.70. The van der Waals surface area contributed by atoms with E-state index in [1.165, 1.54) is 31.0 Å². The number of carbonyl (C=O) groups is 1. The van der Waals surface area contributed by atoms with Crippen LogP contribution in [0.15, 0.2) is 23.4 Å². The molecule has 2 unspecified atom stereocenters. The Morgan fingerprint density at radius 2 is 2.19 bits per heavy atom. The van der Waals surface area contributed by atoms with E-state index < -0.39 is 0 Å². The molecule has 3 rings (SSSR count). The maximum absolute atomic E-state index is 12.3. The van der Waals surface area contributed by atoms with Crippen molar-refractivity contribution in [1.82, 2.24) is 25.5 Å². The Labute approximate surface area is 157 Å². The zero-order valence-corrected chi connectivity index (χ0v) is 16.3. The van der Waals surface area contributed by atoms with Crippen LogP contribution in [0.3, 0.4) is 0 Å². The molecule has 1 aromatic heterocycles. The number of hydrogen-bond donors (Lipinski definition) is 1. The quantitative estimate of drug-likeness (QED) is 0.782. The van der Waals surface area contributed by atoms with E-state index in [1.807, 2.05) is 25.1 Å². The molecule has 1 fully saturated rings. The largest absolute Gasteiger partial charge is 0.494 e. The van der Waals surface area contributed by atoms with Crippen molar-refractivity contribution in [3.8, 4) is 11.4 Å². The predicted molar refractivity (Wildman–Crippen MR) is 101 cm³/mol. The number of thioether (sulfide) groups is 1. The van der Waals surface area contributed by atoms with Gasteiger partial charge in [-0.25, -0.2) is 0 Å². The van der Waals surface area contributed by atoms with Gasteiger partial charge in [-0.2, -0.15) is 4.68 Å². The van der Waals surface area contributed by atoms with Crippen molar-refractivity contribution in [2.45, 2.75) is 50.7 Å². The summed E-state index contributed by atoms with van der Waals surface area (Å²) in [6.45, 7) is 4.21. The van der Waals surface area contributed by atoms with Gasteiger partial charge in [0.05, 0.1) is 12.9 Å². The van der Waals surface area contributed by atoms with Crippen molar-refractivity contribution in [3.05, 3.63) is 23.8 Å². The van der Waals surface area contributed by atoms with Gasteiger partial charge in [0, 0.05) is 6.04 Å². The Balaban J connectivity index is 1.66. The van der Waals surface area contributed by atoms with E-state index in [0.717, 1.165) is 17.7 Å². The molecule has 0 saturated heterocycles. The minimum Gasteiger partial charge on any atom is -0.494 e. The molecule has 0 radical (unpaired) electrons. The molecule has 2 aromatic rings. The molecule has 1 aromatic carbocycles. The van der Waals surface area contributed by atoms with Gasteiger partial charge in [-0.3, -0.25) is 4.79 Å². The first-order chi connectivity index (χ1) is 12.6. The van der Waals surface area contributed by atoms with Gasteiger partial charge < -0.3 is 10.1 Å². The SMILES string of the molecule is COc1ccc(C)cc1-n1nnnc1SCC(=O)NC1CCCCC1C. The van der Waals surface area contributed by atoms with Crippen LogP contribution in [0.5, 0.6) is 5.75 Å². The van der Waals surface area contributed by atoms with Crippen LogP contribution in [0.4, 0.5) is 0 Å². The van der Waals surface area contributed by atoms with Gasteiger partial charge in [0.2, 0.25) is 11.1 Å². The lowest BCUT2D eigenvalue weighted by Gasteiger charge is -2.29. The minimum atomic E-state index is 0.0273. The van der Waals surface area contributed by atoms with Gasteiger partial charge in [-0.05, 0) is 53.8 Å². The number of amides is 1. The lowest BCUT2D eigenvalue weighted by atomic mass is 9.86. The molecule has 8 heteroatoms. The number of hydrogen-bond acceptors (Lipinski definition) is 6. The molecule has 1 aliphatic carbocycles. The van der Waals surface area contributed by atoms with Crippen LogP contribution < -0.4 is 10.1 Å². The summed E-state index contributed by atoms with van der Waals surface area (Å²) in [5.41, 5.74) is 1.84. The molecule has 1 aliphatic rings. The third kappa shape index (κ3) is 4.35. The normalized spacial score (nSPS) is 20.0. The molecule has 26 heavy (non-hydrogen) atoms. The smallest absolute Gasteiger partial charge is 0.230 e. The zero-order valence-electron chi connectivity index (χ0n) is 15.4. The van der Waals surface area contributed by atoms with Crippen molar-refractivity contribution < 1.29 is 9.53 Å². The fourth-order valence-corrected chi connectivity index (χ4v) is 3.99. The number of aryl methyl sites for hydroxylation is 1. The number of rotatable bonds is 6. The van der Waals surface area contributed by atoms with E-state index in [4.69, 9.17) is 4.74 Å². The third-order valence-electron chi connectivity index (χ3n) is 4.79. The lowest BCUT2D eigenvalue weighted by Crippen LogP contribution is -2.41. The molecular formula is C18H25N5O2S. The average molecular weight is 375 g/mol. The van der Waals surface area contributed by atoms with Crippen molar-refractivity contribution in [2.24, 2.45) is 5.92 Å². The highest BCUT2D eigenvalue weighted by Crippen LogP contribution is 2.27. The van der Waals surface area contributed by atoms with E-state index in [1.54, 1.807) is 11.8 Å². The van der Waals surface area contributed by atoms with Crippen molar-refractivity contribution in [3.63, 3.8) is 0 Å². The molecule has 1 heterocycles. The Morgan fingerprint density at radius 1 is 1.38 bits per heavy atom. The summed E-state index contributed by atoms with van der Waals surface area (Å²) < 4.78 is 7.03. The highest BCUT2D eigenvalue weighted by molar-refractivity contribution is 7.99. The molecule has 1 saturated carbocycles. The van der Waals surface area contributed by atoms with Crippen molar-refractivity contribution in [2.75, 3.05) is 12.9 Å². The number of ether oxygens (including phenoxy) is 1. The number of carbonyl (C=O) groups excluding carboxylic acids is 1. The first-order valence-electron chi connectivity index (χ1n) is 8.94. The Hall–Kier alpha value is -2.09. The Kier molecular flexibility index (Phi) is 6.13. The number of methoxy groups -OCH3 is 1. The maximum atomic E-state index is 12.3. The molecular weight excluding hydrogens is 350 g/mol. The summed E-state index contributed by atoms with van der Waals surface area (Å²) in [6, 6.07) is 6.10. The average Bonchev–Trinajstić information content (AvgIpc) is 3.10. The van der Waals surface area contributed by atoms with Crippen molar-refractivity contribution >= 4 is 17.7 Å². The van der Waals surface area contributed by atoms with Crippen LogP contribution in [0, 0.1) is 12.8 Å². The fourth-order valence-electron chi connectivity index (χ4n) is 3.29. The summed E-state index contributed by atoms with van der Waals surface area (Å²) in [5.74, 6) is 1.54.